The van der Waals surface area contributed by atoms with Gasteiger partial charge in [0.25, 0.3) is 0 Å². The van der Waals surface area contributed by atoms with Gasteiger partial charge in [-0.3, -0.25) is 9.59 Å². The van der Waals surface area contributed by atoms with Crippen LogP contribution in [0.4, 0.5) is 55.2 Å². The second-order valence-electron chi connectivity index (χ2n) is 13.7. The summed E-state index contributed by atoms with van der Waals surface area (Å²) in [6.07, 6.45) is -8.00. The molecule has 0 aliphatic carbocycles. The maximum Gasteiger partial charge on any atom is 0.573 e. The van der Waals surface area contributed by atoms with Gasteiger partial charge in [-0.25, -0.2) is 18.5 Å². The number of anilines is 5. The van der Waals surface area contributed by atoms with Crippen LogP contribution in [-0.4, -0.2) is 55.1 Å². The van der Waals surface area contributed by atoms with Crippen molar-refractivity contribution in [2.75, 3.05) is 22.6 Å². The number of ether oxygens (including phenoxy) is 2. The third-order valence-corrected chi connectivity index (χ3v) is 9.55. The Bertz CT molecular complexity index is 2360. The Hall–Kier alpha value is -6.41. The molecule has 0 saturated carbocycles. The van der Waals surface area contributed by atoms with Crippen molar-refractivity contribution in [2.24, 2.45) is 5.14 Å². The van der Waals surface area contributed by atoms with Gasteiger partial charge in [0.2, 0.25) is 21.9 Å². The number of carbonyl (C=O) groups excluding carboxylic acids is 1. The number of benzene rings is 4. The molecule has 1 amide bonds. The van der Waals surface area contributed by atoms with Gasteiger partial charge in [0, 0.05) is 30.3 Å². The van der Waals surface area contributed by atoms with Gasteiger partial charge in [-0.1, -0.05) is 30.3 Å². The van der Waals surface area contributed by atoms with Crippen LogP contribution in [0.1, 0.15) is 38.8 Å². The number of carboxylic acids is 1. The average Bonchev–Trinajstić information content (AvgIpc) is 3.14. The number of aliphatic carboxylic acids is 1. The SMILES string of the molecule is CC(C)(C(=O)O)c1ccc(OC(F)(F)F)cc1.CN(c1ccc(NC(=O)C(C)(C)c2ccc(OC(F)(F)F)cc2)cc1)c1ccnc(Nc2cccc(S(N)(=O)=O)c2)n1. The number of hydrogen-bond acceptors (Lipinski definition) is 10. The molecule has 5 N–H and O–H groups in total. The van der Waals surface area contributed by atoms with E-state index in [9.17, 15) is 44.3 Å². The Labute approximate surface area is 334 Å². The van der Waals surface area contributed by atoms with Crippen LogP contribution in [-0.2, 0) is 30.4 Å². The lowest BCUT2D eigenvalue weighted by atomic mass is 9.83. The Morgan fingerprint density at radius 2 is 1.24 bits per heavy atom. The van der Waals surface area contributed by atoms with Crippen molar-refractivity contribution in [1.82, 2.24) is 9.97 Å². The summed E-state index contributed by atoms with van der Waals surface area (Å²) in [5.74, 6) is -1.39. The van der Waals surface area contributed by atoms with Crippen LogP contribution in [0.3, 0.4) is 0 Å². The summed E-state index contributed by atoms with van der Waals surface area (Å²) in [7, 11) is -2.08. The van der Waals surface area contributed by atoms with E-state index in [0.29, 0.717) is 28.3 Å². The third kappa shape index (κ3) is 12.8. The monoisotopic (exact) mass is 848 g/mol. The number of sulfonamides is 1. The Morgan fingerprint density at radius 1 is 0.729 bits per heavy atom. The number of halogens is 6. The van der Waals surface area contributed by atoms with Crippen molar-refractivity contribution in [3.63, 3.8) is 0 Å². The molecule has 0 bridgehead atoms. The maximum atomic E-state index is 13.1. The van der Waals surface area contributed by atoms with Crippen LogP contribution in [0.15, 0.2) is 114 Å². The molecule has 0 unspecified atom stereocenters. The van der Waals surface area contributed by atoms with Gasteiger partial charge in [0.1, 0.15) is 17.3 Å². The molecule has 59 heavy (non-hydrogen) atoms. The molecule has 20 heteroatoms. The summed E-state index contributed by atoms with van der Waals surface area (Å²) in [5, 5.41) is 19.9. The maximum absolute atomic E-state index is 13.1. The van der Waals surface area contributed by atoms with Gasteiger partial charge in [-0.05, 0) is 112 Å². The highest BCUT2D eigenvalue weighted by Gasteiger charge is 2.34. The fraction of sp³-hybridized carbons (Fsp3) is 0.231. The first-order valence-corrected chi connectivity index (χ1v) is 18.6. The second kappa shape index (κ2) is 17.6. The number of aromatic nitrogens is 2. The number of nitrogens with zero attached hydrogens (tertiary/aromatic N) is 3. The van der Waals surface area contributed by atoms with Gasteiger partial charge < -0.3 is 30.1 Å². The van der Waals surface area contributed by atoms with E-state index in [1.54, 1.807) is 74.5 Å². The molecule has 0 fully saturated rings. The molecule has 1 aromatic heterocycles. The van der Waals surface area contributed by atoms with Gasteiger partial charge >= 0.3 is 18.7 Å². The van der Waals surface area contributed by atoms with E-state index in [1.165, 1.54) is 50.2 Å². The van der Waals surface area contributed by atoms with Gasteiger partial charge in [-0.2, -0.15) is 4.98 Å². The molecule has 1 heterocycles. The lowest BCUT2D eigenvalue weighted by Gasteiger charge is -2.25. The van der Waals surface area contributed by atoms with E-state index in [4.69, 9.17) is 10.2 Å². The number of amides is 1. The first-order chi connectivity index (χ1) is 27.2. The van der Waals surface area contributed by atoms with Crippen molar-refractivity contribution >= 4 is 50.7 Å². The van der Waals surface area contributed by atoms with Crippen LogP contribution in [0.25, 0.3) is 0 Å². The number of rotatable bonds is 12. The highest BCUT2D eigenvalue weighted by atomic mass is 32.2. The molecule has 13 nitrogen and oxygen atoms in total. The summed E-state index contributed by atoms with van der Waals surface area (Å²) >= 11 is 0. The third-order valence-electron chi connectivity index (χ3n) is 8.64. The molecule has 0 saturated heterocycles. The van der Waals surface area contributed by atoms with E-state index in [2.05, 4.69) is 30.1 Å². The Kier molecular flexibility index (Phi) is 13.5. The molecule has 0 atom stereocenters. The number of primary sulfonamides is 1. The van der Waals surface area contributed by atoms with Crippen molar-refractivity contribution in [3.05, 3.63) is 120 Å². The van der Waals surface area contributed by atoms with E-state index in [1.807, 2.05) is 0 Å². The first kappa shape index (κ1) is 45.3. The molecule has 4 aromatic carbocycles. The predicted molar refractivity (Wildman–Crippen MR) is 206 cm³/mol. The average molecular weight is 849 g/mol. The fourth-order valence-electron chi connectivity index (χ4n) is 5.07. The molecule has 5 rings (SSSR count). The molecule has 314 valence electrons. The number of carbonyl (C=O) groups is 2. The number of carboxylic acid groups (broad SMARTS) is 1. The molecule has 5 aromatic rings. The lowest BCUT2D eigenvalue weighted by molar-refractivity contribution is -0.275. The van der Waals surface area contributed by atoms with Crippen molar-refractivity contribution in [2.45, 2.75) is 56.1 Å². The summed E-state index contributed by atoms with van der Waals surface area (Å²) in [5.41, 5.74) is 0.404. The Balaban J connectivity index is 0.000000378. The first-order valence-electron chi connectivity index (χ1n) is 17.1. The number of nitrogens with two attached hydrogens (primary N) is 1. The topological polar surface area (TPSA) is 186 Å². The molecule has 0 aliphatic rings. The van der Waals surface area contributed by atoms with Crippen molar-refractivity contribution in [1.29, 1.82) is 0 Å². The zero-order valence-electron chi connectivity index (χ0n) is 31.9. The lowest BCUT2D eigenvalue weighted by Crippen LogP contribution is -2.34. The minimum atomic E-state index is -4.80. The molecular formula is C39H38F6N6O7S. The normalized spacial score (nSPS) is 12.1. The largest absolute Gasteiger partial charge is 0.573 e. The van der Waals surface area contributed by atoms with Gasteiger partial charge in [-0.15, -0.1) is 26.3 Å². The second-order valence-corrected chi connectivity index (χ2v) is 15.3. The zero-order valence-corrected chi connectivity index (χ0v) is 32.7. The van der Waals surface area contributed by atoms with Gasteiger partial charge in [0.15, 0.2) is 0 Å². The standard InChI is InChI=1S/C28H27F3N6O4S.C11H11F3O3/c1-27(2,18-7-13-22(14-8-18)41-28(29,30)31)25(38)34-19-9-11-21(12-10-19)37(3)24-15-16-33-26(36-24)35-20-5-4-6-23(17-20)42(32,39)40;1-10(2,9(15)16)7-3-5-8(6-4-7)17-11(12,13)14/h4-17H,1-3H3,(H,34,38)(H2,32,39,40)(H,33,35,36);3-6H,1-2H3,(H,15,16). The van der Waals surface area contributed by atoms with Crippen LogP contribution < -0.4 is 30.1 Å². The summed E-state index contributed by atoms with van der Waals surface area (Å²) in [6.45, 7) is 6.26. The molecular weight excluding hydrogens is 811 g/mol. The van der Waals surface area contributed by atoms with E-state index < -0.39 is 39.5 Å². The molecule has 0 aliphatic heterocycles. The quantitative estimate of drug-likeness (QED) is 0.0884. The summed E-state index contributed by atoms with van der Waals surface area (Å²) in [6, 6.07) is 24.6. The van der Waals surface area contributed by atoms with E-state index >= 15 is 0 Å². The van der Waals surface area contributed by atoms with Crippen molar-refractivity contribution < 1.29 is 58.9 Å². The molecule has 0 radical (unpaired) electrons. The van der Waals surface area contributed by atoms with Crippen LogP contribution >= 0.6 is 0 Å². The molecule has 0 spiro atoms. The van der Waals surface area contributed by atoms with Crippen LogP contribution in [0, 0.1) is 0 Å². The smallest absolute Gasteiger partial charge is 0.481 e. The minimum absolute atomic E-state index is 0.0511. The predicted octanol–water partition coefficient (Wildman–Crippen LogP) is 8.40. The number of nitrogens with one attached hydrogen (secondary N) is 2. The zero-order chi connectivity index (χ0) is 44.0. The van der Waals surface area contributed by atoms with E-state index in [-0.39, 0.29) is 28.3 Å². The van der Waals surface area contributed by atoms with Gasteiger partial charge in [0.05, 0.1) is 15.7 Å². The fourth-order valence-corrected chi connectivity index (χ4v) is 5.62. The van der Waals surface area contributed by atoms with Crippen LogP contribution in [0.2, 0.25) is 0 Å². The minimum Gasteiger partial charge on any atom is -0.481 e. The summed E-state index contributed by atoms with van der Waals surface area (Å²) in [4.78, 5) is 34.4. The number of hydrogen-bond donors (Lipinski definition) is 4. The Morgan fingerprint density at radius 3 is 1.71 bits per heavy atom. The summed E-state index contributed by atoms with van der Waals surface area (Å²) < 4.78 is 104. The van der Waals surface area contributed by atoms with Crippen molar-refractivity contribution in [3.8, 4) is 11.5 Å². The van der Waals surface area contributed by atoms with Crippen LogP contribution in [0.5, 0.6) is 11.5 Å². The highest BCUT2D eigenvalue weighted by Crippen LogP contribution is 2.31. The van der Waals surface area contributed by atoms with E-state index in [0.717, 1.165) is 30.0 Å². The highest BCUT2D eigenvalue weighted by molar-refractivity contribution is 7.89. The number of alkyl halides is 6.